The van der Waals surface area contributed by atoms with Gasteiger partial charge in [0.2, 0.25) is 5.91 Å². The maximum atomic E-state index is 11.6. The summed E-state index contributed by atoms with van der Waals surface area (Å²) in [7, 11) is 3.66. The summed E-state index contributed by atoms with van der Waals surface area (Å²) in [5, 5.41) is 0. The molecule has 0 heterocycles. The maximum Gasteiger partial charge on any atom is 0.248 e. The highest BCUT2D eigenvalue weighted by Gasteiger charge is 2.07. The van der Waals surface area contributed by atoms with E-state index in [1.165, 1.54) is 0 Å². The predicted octanol–water partition coefficient (Wildman–Crippen LogP) is 0.530. The zero-order chi connectivity index (χ0) is 11.4. The molecule has 0 fully saturated rings. The van der Waals surface area contributed by atoms with E-state index < -0.39 is 5.91 Å². The fraction of sp³-hybridized carbons (Fsp3) is 0.273. The van der Waals surface area contributed by atoms with Crippen molar-refractivity contribution in [3.63, 3.8) is 0 Å². The number of nitrogens with zero attached hydrogens (tertiary/aromatic N) is 1. The molecular weight excluding hydrogens is 192 g/mol. The molecule has 0 aliphatic heterocycles. The standard InChI is InChI=1S/C11H14N2O2/c1-13(2)7-10(14)8-3-5-9(6-4-8)11(12)15/h3-6H,7H2,1-2H3,(H2,12,15). The summed E-state index contributed by atoms with van der Waals surface area (Å²) in [6, 6.07) is 6.36. The van der Waals surface area contributed by atoms with Crippen LogP contribution in [0.1, 0.15) is 20.7 Å². The monoisotopic (exact) mass is 206 g/mol. The van der Waals surface area contributed by atoms with Gasteiger partial charge in [0.25, 0.3) is 0 Å². The van der Waals surface area contributed by atoms with Crippen LogP contribution in [0.5, 0.6) is 0 Å². The molecule has 0 aliphatic carbocycles. The van der Waals surface area contributed by atoms with Gasteiger partial charge in [-0.05, 0) is 26.2 Å². The first kappa shape index (κ1) is 11.4. The molecule has 0 spiro atoms. The molecule has 15 heavy (non-hydrogen) atoms. The second kappa shape index (κ2) is 4.70. The van der Waals surface area contributed by atoms with E-state index in [9.17, 15) is 9.59 Å². The highest BCUT2D eigenvalue weighted by molar-refractivity contribution is 5.99. The summed E-state index contributed by atoms with van der Waals surface area (Å²) in [6.07, 6.45) is 0. The van der Waals surface area contributed by atoms with E-state index in [0.717, 1.165) is 0 Å². The van der Waals surface area contributed by atoms with Crippen molar-refractivity contribution in [3.05, 3.63) is 35.4 Å². The van der Waals surface area contributed by atoms with Gasteiger partial charge in [0, 0.05) is 11.1 Å². The van der Waals surface area contributed by atoms with Gasteiger partial charge in [-0.3, -0.25) is 9.59 Å². The molecule has 1 rings (SSSR count). The van der Waals surface area contributed by atoms with Gasteiger partial charge in [-0.1, -0.05) is 12.1 Å². The number of amides is 1. The van der Waals surface area contributed by atoms with Gasteiger partial charge in [0.15, 0.2) is 5.78 Å². The highest BCUT2D eigenvalue weighted by Crippen LogP contribution is 2.05. The molecule has 2 N–H and O–H groups in total. The molecule has 0 radical (unpaired) electrons. The topological polar surface area (TPSA) is 63.4 Å². The highest BCUT2D eigenvalue weighted by atomic mass is 16.1. The lowest BCUT2D eigenvalue weighted by Gasteiger charge is -2.08. The van der Waals surface area contributed by atoms with Crippen molar-refractivity contribution in [2.75, 3.05) is 20.6 Å². The van der Waals surface area contributed by atoms with Gasteiger partial charge in [-0.15, -0.1) is 0 Å². The fourth-order valence-electron chi connectivity index (χ4n) is 1.20. The van der Waals surface area contributed by atoms with Crippen LogP contribution in [0.4, 0.5) is 0 Å². The van der Waals surface area contributed by atoms with E-state index in [2.05, 4.69) is 0 Å². The molecule has 0 unspecified atom stereocenters. The third kappa shape index (κ3) is 3.18. The Morgan fingerprint density at radius 3 is 2.00 bits per heavy atom. The number of rotatable bonds is 4. The summed E-state index contributed by atoms with van der Waals surface area (Å²) in [6.45, 7) is 0.357. The number of ketones is 1. The third-order valence-electron chi connectivity index (χ3n) is 1.95. The van der Waals surface area contributed by atoms with E-state index >= 15 is 0 Å². The summed E-state index contributed by atoms with van der Waals surface area (Å²) < 4.78 is 0. The van der Waals surface area contributed by atoms with E-state index in [-0.39, 0.29) is 5.78 Å². The van der Waals surface area contributed by atoms with Crippen LogP contribution in [0.25, 0.3) is 0 Å². The molecule has 1 aromatic rings. The molecule has 0 aliphatic rings. The Balaban J connectivity index is 2.80. The third-order valence-corrected chi connectivity index (χ3v) is 1.95. The summed E-state index contributed by atoms with van der Waals surface area (Å²) in [4.78, 5) is 24.2. The Bertz CT molecular complexity index is 369. The second-order valence-electron chi connectivity index (χ2n) is 3.60. The van der Waals surface area contributed by atoms with Crippen LogP contribution in [0, 0.1) is 0 Å². The number of benzene rings is 1. The van der Waals surface area contributed by atoms with Crippen molar-refractivity contribution >= 4 is 11.7 Å². The van der Waals surface area contributed by atoms with Crippen molar-refractivity contribution in [1.29, 1.82) is 0 Å². The molecule has 1 amide bonds. The molecular formula is C11H14N2O2. The Kier molecular flexibility index (Phi) is 3.57. The molecule has 4 nitrogen and oxygen atoms in total. The predicted molar refractivity (Wildman–Crippen MR) is 57.8 cm³/mol. The number of hydrogen-bond donors (Lipinski definition) is 1. The van der Waals surface area contributed by atoms with Crippen LogP contribution in [-0.4, -0.2) is 37.2 Å². The molecule has 0 bridgehead atoms. The van der Waals surface area contributed by atoms with Crippen LogP contribution >= 0.6 is 0 Å². The minimum Gasteiger partial charge on any atom is -0.366 e. The first-order chi connectivity index (χ1) is 7.00. The Hall–Kier alpha value is -1.68. The van der Waals surface area contributed by atoms with E-state index in [4.69, 9.17) is 5.73 Å². The van der Waals surface area contributed by atoms with Gasteiger partial charge in [0.05, 0.1) is 6.54 Å². The molecule has 0 aromatic heterocycles. The number of carbonyl (C=O) groups is 2. The lowest BCUT2D eigenvalue weighted by atomic mass is 10.1. The number of nitrogens with two attached hydrogens (primary N) is 1. The minimum absolute atomic E-state index is 0.0241. The number of primary amides is 1. The first-order valence-electron chi connectivity index (χ1n) is 4.58. The molecule has 80 valence electrons. The molecule has 0 saturated heterocycles. The average Bonchev–Trinajstić information content (AvgIpc) is 2.17. The van der Waals surface area contributed by atoms with Crippen molar-refractivity contribution in [2.45, 2.75) is 0 Å². The number of hydrogen-bond acceptors (Lipinski definition) is 3. The zero-order valence-corrected chi connectivity index (χ0v) is 8.86. The molecule has 0 atom stereocenters. The van der Waals surface area contributed by atoms with Crippen LogP contribution in [0.3, 0.4) is 0 Å². The van der Waals surface area contributed by atoms with Crippen molar-refractivity contribution < 1.29 is 9.59 Å². The number of Topliss-reactive ketones (excluding diaryl/α,β-unsaturated/α-hetero) is 1. The van der Waals surface area contributed by atoms with Crippen LogP contribution < -0.4 is 5.73 Å². The van der Waals surface area contributed by atoms with Crippen molar-refractivity contribution in [3.8, 4) is 0 Å². The molecule has 4 heteroatoms. The zero-order valence-electron chi connectivity index (χ0n) is 8.86. The van der Waals surface area contributed by atoms with E-state index in [1.54, 1.807) is 29.2 Å². The van der Waals surface area contributed by atoms with Crippen LogP contribution in [0.15, 0.2) is 24.3 Å². The normalized spacial score (nSPS) is 10.3. The average molecular weight is 206 g/mol. The number of carbonyl (C=O) groups excluding carboxylic acids is 2. The summed E-state index contributed by atoms with van der Waals surface area (Å²) >= 11 is 0. The first-order valence-corrected chi connectivity index (χ1v) is 4.58. The van der Waals surface area contributed by atoms with Crippen molar-refractivity contribution in [1.82, 2.24) is 4.90 Å². The van der Waals surface area contributed by atoms with Gasteiger partial charge in [-0.2, -0.15) is 0 Å². The molecule has 1 aromatic carbocycles. The lowest BCUT2D eigenvalue weighted by molar-refractivity contribution is 0.0954. The van der Waals surface area contributed by atoms with E-state index in [0.29, 0.717) is 17.7 Å². The summed E-state index contributed by atoms with van der Waals surface area (Å²) in [5.41, 5.74) is 6.09. The minimum atomic E-state index is -0.485. The van der Waals surface area contributed by atoms with Crippen LogP contribution in [-0.2, 0) is 0 Å². The van der Waals surface area contributed by atoms with Gasteiger partial charge in [-0.25, -0.2) is 0 Å². The van der Waals surface area contributed by atoms with E-state index in [1.807, 2.05) is 14.1 Å². The second-order valence-corrected chi connectivity index (χ2v) is 3.60. The largest absolute Gasteiger partial charge is 0.366 e. The number of likely N-dealkylation sites (N-methyl/N-ethyl adjacent to an activating group) is 1. The van der Waals surface area contributed by atoms with Crippen molar-refractivity contribution in [2.24, 2.45) is 5.73 Å². The quantitative estimate of drug-likeness (QED) is 0.731. The Morgan fingerprint density at radius 1 is 1.13 bits per heavy atom. The molecule has 0 saturated carbocycles. The Labute approximate surface area is 88.7 Å². The van der Waals surface area contributed by atoms with Gasteiger partial charge < -0.3 is 10.6 Å². The van der Waals surface area contributed by atoms with Gasteiger partial charge in [0.1, 0.15) is 0 Å². The fourth-order valence-corrected chi connectivity index (χ4v) is 1.20. The SMILES string of the molecule is CN(C)CC(=O)c1ccc(C(N)=O)cc1. The van der Waals surface area contributed by atoms with Gasteiger partial charge >= 0.3 is 0 Å². The summed E-state index contributed by atoms with van der Waals surface area (Å²) in [5.74, 6) is -0.461. The Morgan fingerprint density at radius 2 is 1.60 bits per heavy atom. The van der Waals surface area contributed by atoms with Crippen LogP contribution in [0.2, 0.25) is 0 Å². The smallest absolute Gasteiger partial charge is 0.248 e. The lowest BCUT2D eigenvalue weighted by Crippen LogP contribution is -2.21. The maximum absolute atomic E-state index is 11.6.